The van der Waals surface area contributed by atoms with Crippen molar-refractivity contribution in [1.82, 2.24) is 15.5 Å². The van der Waals surface area contributed by atoms with E-state index in [1.54, 1.807) is 6.07 Å². The van der Waals surface area contributed by atoms with Crippen molar-refractivity contribution >= 4 is 17.6 Å². The number of aryl methyl sites for hydroxylation is 1. The smallest absolute Gasteiger partial charge is 0.315 e. The van der Waals surface area contributed by atoms with Gasteiger partial charge in [0.15, 0.2) is 0 Å². The predicted octanol–water partition coefficient (Wildman–Crippen LogP) is 2.81. The van der Waals surface area contributed by atoms with E-state index in [4.69, 9.17) is 5.73 Å². The second-order valence-electron chi connectivity index (χ2n) is 7.59. The zero-order chi connectivity index (χ0) is 18.5. The summed E-state index contributed by atoms with van der Waals surface area (Å²) in [4.78, 5) is 26.8. The number of nitrogens with two attached hydrogens (primary N) is 1. The molecule has 0 atom stereocenters. The molecule has 4 N–H and O–H groups in total. The number of benzene rings is 1. The summed E-state index contributed by atoms with van der Waals surface area (Å²) in [5.74, 6) is 0.0277. The molecule has 1 saturated carbocycles. The summed E-state index contributed by atoms with van der Waals surface area (Å²) in [5, 5.41) is 6.17. The third-order valence-corrected chi connectivity index (χ3v) is 5.55. The molecule has 2 fully saturated rings. The number of carbonyl (C=O) groups is 2. The second-order valence-corrected chi connectivity index (χ2v) is 7.59. The summed E-state index contributed by atoms with van der Waals surface area (Å²) in [7, 11) is 0. The van der Waals surface area contributed by atoms with Crippen LogP contribution in [-0.4, -0.2) is 42.0 Å². The van der Waals surface area contributed by atoms with Crippen LogP contribution in [0.15, 0.2) is 18.2 Å². The number of nitrogens with zero attached hydrogens (tertiary/aromatic N) is 1. The first-order chi connectivity index (χ1) is 12.5. The molecule has 6 heteroatoms. The van der Waals surface area contributed by atoms with Gasteiger partial charge in [-0.15, -0.1) is 0 Å². The molecule has 0 radical (unpaired) electrons. The molecule has 142 valence electrons. The minimum Gasteiger partial charge on any atom is -0.399 e. The number of carbonyl (C=O) groups excluding carboxylic acids is 2. The lowest BCUT2D eigenvalue weighted by atomic mass is 9.96. The van der Waals surface area contributed by atoms with Crippen molar-refractivity contribution < 1.29 is 9.59 Å². The van der Waals surface area contributed by atoms with Gasteiger partial charge in [-0.3, -0.25) is 4.79 Å². The molecule has 3 amide bonds. The summed E-state index contributed by atoms with van der Waals surface area (Å²) >= 11 is 0. The van der Waals surface area contributed by atoms with Gasteiger partial charge in [0, 0.05) is 36.4 Å². The number of amides is 3. The summed E-state index contributed by atoms with van der Waals surface area (Å²) in [6.07, 6.45) is 7.42. The lowest BCUT2D eigenvalue weighted by Crippen LogP contribution is -2.51. The van der Waals surface area contributed by atoms with Gasteiger partial charge >= 0.3 is 6.03 Å². The molecule has 1 heterocycles. The Kier molecular flexibility index (Phi) is 6.01. The Labute approximate surface area is 155 Å². The summed E-state index contributed by atoms with van der Waals surface area (Å²) < 4.78 is 0. The minimum absolute atomic E-state index is 0.0277. The molecular weight excluding hydrogens is 328 g/mol. The standard InChI is InChI=1S/C20H30N4O2/c1-14-7-8-15(21)13-18(14)19(25)24-11-9-17(10-12-24)23-20(26)22-16-5-3-2-4-6-16/h7-8,13,16-17H,2-6,9-12,21H2,1H3,(H2,22,23,26). The number of nitrogen functional groups attached to an aromatic ring is 1. The third kappa shape index (κ3) is 4.68. The molecule has 0 unspecified atom stereocenters. The van der Waals surface area contributed by atoms with Crippen LogP contribution in [0, 0.1) is 6.92 Å². The van der Waals surface area contributed by atoms with Crippen LogP contribution < -0.4 is 16.4 Å². The highest BCUT2D eigenvalue weighted by Crippen LogP contribution is 2.19. The molecule has 0 bridgehead atoms. The molecule has 1 aliphatic carbocycles. The molecular formula is C20H30N4O2. The Hall–Kier alpha value is -2.24. The fourth-order valence-electron chi connectivity index (χ4n) is 3.93. The van der Waals surface area contributed by atoms with E-state index in [0.717, 1.165) is 31.2 Å². The van der Waals surface area contributed by atoms with Crippen LogP contribution in [0.25, 0.3) is 0 Å². The van der Waals surface area contributed by atoms with Crippen LogP contribution >= 0.6 is 0 Å². The van der Waals surface area contributed by atoms with Crippen molar-refractivity contribution in [3.8, 4) is 0 Å². The topological polar surface area (TPSA) is 87.5 Å². The average molecular weight is 358 g/mol. The number of hydrogen-bond donors (Lipinski definition) is 3. The van der Waals surface area contributed by atoms with Gasteiger partial charge < -0.3 is 21.3 Å². The molecule has 3 rings (SSSR count). The van der Waals surface area contributed by atoms with Crippen molar-refractivity contribution in [2.45, 2.75) is 64.0 Å². The molecule has 26 heavy (non-hydrogen) atoms. The summed E-state index contributed by atoms with van der Waals surface area (Å²) in [5.41, 5.74) is 8.04. The highest BCUT2D eigenvalue weighted by atomic mass is 16.2. The Morgan fingerprint density at radius 1 is 1.00 bits per heavy atom. The Morgan fingerprint density at radius 2 is 1.62 bits per heavy atom. The van der Waals surface area contributed by atoms with Gasteiger partial charge in [-0.25, -0.2) is 4.79 Å². The maximum atomic E-state index is 12.7. The number of piperidine rings is 1. The normalized spacial score (nSPS) is 19.2. The monoisotopic (exact) mass is 358 g/mol. The number of hydrogen-bond acceptors (Lipinski definition) is 3. The molecule has 1 saturated heterocycles. The highest BCUT2D eigenvalue weighted by molar-refractivity contribution is 5.96. The molecule has 0 spiro atoms. The van der Waals surface area contributed by atoms with E-state index >= 15 is 0 Å². The zero-order valence-electron chi connectivity index (χ0n) is 15.6. The van der Waals surface area contributed by atoms with Crippen LogP contribution in [0.1, 0.15) is 60.9 Å². The minimum atomic E-state index is -0.0617. The number of nitrogens with one attached hydrogen (secondary N) is 2. The van der Waals surface area contributed by atoms with Gasteiger partial charge in [-0.1, -0.05) is 25.3 Å². The number of rotatable bonds is 3. The van der Waals surface area contributed by atoms with Crippen LogP contribution in [0.3, 0.4) is 0 Å². The number of anilines is 1. The Bertz CT molecular complexity index is 647. The van der Waals surface area contributed by atoms with Gasteiger partial charge in [0.25, 0.3) is 5.91 Å². The lowest BCUT2D eigenvalue weighted by molar-refractivity contribution is 0.0707. The summed E-state index contributed by atoms with van der Waals surface area (Å²) in [6, 6.07) is 5.83. The van der Waals surface area contributed by atoms with Gasteiger partial charge in [0.05, 0.1) is 0 Å². The molecule has 2 aliphatic rings. The van der Waals surface area contributed by atoms with Crippen molar-refractivity contribution in [1.29, 1.82) is 0 Å². The van der Waals surface area contributed by atoms with Crippen molar-refractivity contribution in [2.75, 3.05) is 18.8 Å². The Morgan fingerprint density at radius 3 is 2.27 bits per heavy atom. The SMILES string of the molecule is Cc1ccc(N)cc1C(=O)N1CCC(NC(=O)NC2CCCCC2)CC1. The zero-order valence-corrected chi connectivity index (χ0v) is 15.6. The van der Waals surface area contributed by atoms with Crippen molar-refractivity contribution in [2.24, 2.45) is 0 Å². The third-order valence-electron chi connectivity index (χ3n) is 5.55. The highest BCUT2D eigenvalue weighted by Gasteiger charge is 2.26. The first-order valence-electron chi connectivity index (χ1n) is 9.75. The van der Waals surface area contributed by atoms with Gasteiger partial charge in [0.1, 0.15) is 0 Å². The maximum absolute atomic E-state index is 12.7. The first kappa shape index (κ1) is 18.5. The molecule has 1 aromatic rings. The van der Waals surface area contributed by atoms with Crippen LogP contribution in [0.4, 0.5) is 10.5 Å². The van der Waals surface area contributed by atoms with E-state index in [2.05, 4.69) is 10.6 Å². The van der Waals surface area contributed by atoms with Crippen molar-refractivity contribution in [3.63, 3.8) is 0 Å². The van der Waals surface area contributed by atoms with Crippen LogP contribution in [0.5, 0.6) is 0 Å². The van der Waals surface area contributed by atoms with Crippen LogP contribution in [0.2, 0.25) is 0 Å². The lowest BCUT2D eigenvalue weighted by Gasteiger charge is -2.33. The van der Waals surface area contributed by atoms with Crippen LogP contribution in [-0.2, 0) is 0 Å². The van der Waals surface area contributed by atoms with E-state index in [0.29, 0.717) is 30.4 Å². The largest absolute Gasteiger partial charge is 0.399 e. The van der Waals surface area contributed by atoms with Gasteiger partial charge in [-0.2, -0.15) is 0 Å². The molecule has 6 nitrogen and oxygen atoms in total. The molecule has 0 aromatic heterocycles. The Balaban J connectivity index is 1.47. The van der Waals surface area contributed by atoms with E-state index in [1.165, 1.54) is 19.3 Å². The second kappa shape index (κ2) is 8.43. The summed E-state index contributed by atoms with van der Waals surface area (Å²) in [6.45, 7) is 3.24. The number of urea groups is 1. The average Bonchev–Trinajstić information content (AvgIpc) is 2.64. The predicted molar refractivity (Wildman–Crippen MR) is 103 cm³/mol. The van der Waals surface area contributed by atoms with E-state index in [-0.39, 0.29) is 18.0 Å². The number of likely N-dealkylation sites (tertiary alicyclic amines) is 1. The van der Waals surface area contributed by atoms with Crippen molar-refractivity contribution in [3.05, 3.63) is 29.3 Å². The van der Waals surface area contributed by atoms with E-state index in [1.807, 2.05) is 24.0 Å². The maximum Gasteiger partial charge on any atom is 0.315 e. The fraction of sp³-hybridized carbons (Fsp3) is 0.600. The first-order valence-corrected chi connectivity index (χ1v) is 9.75. The van der Waals surface area contributed by atoms with E-state index < -0.39 is 0 Å². The van der Waals surface area contributed by atoms with Gasteiger partial charge in [-0.05, 0) is 50.3 Å². The fourth-order valence-corrected chi connectivity index (χ4v) is 3.93. The van der Waals surface area contributed by atoms with Gasteiger partial charge in [0.2, 0.25) is 0 Å². The molecule has 1 aliphatic heterocycles. The molecule has 1 aromatic carbocycles. The van der Waals surface area contributed by atoms with E-state index in [9.17, 15) is 9.59 Å². The quantitative estimate of drug-likeness (QED) is 0.726.